The van der Waals surface area contributed by atoms with Crippen molar-refractivity contribution in [3.8, 4) is 0 Å². The number of hydrazine groups is 1. The molecule has 0 unspecified atom stereocenters. The molecule has 10 heteroatoms. The highest BCUT2D eigenvalue weighted by atomic mass is 35.5. The molecule has 144 valence electrons. The van der Waals surface area contributed by atoms with Crippen LogP contribution in [0, 0.1) is 5.92 Å². The van der Waals surface area contributed by atoms with Crippen LogP contribution in [0.4, 0.5) is 0 Å². The van der Waals surface area contributed by atoms with Crippen molar-refractivity contribution in [2.75, 3.05) is 0 Å². The highest BCUT2D eigenvalue weighted by molar-refractivity contribution is 7.89. The number of amides is 2. The van der Waals surface area contributed by atoms with Gasteiger partial charge in [-0.05, 0) is 36.2 Å². The predicted molar refractivity (Wildman–Crippen MR) is 100 cm³/mol. The first kappa shape index (κ1) is 20.8. The first-order valence-corrected chi connectivity index (χ1v) is 9.86. The van der Waals surface area contributed by atoms with E-state index < -0.39 is 27.9 Å². The number of hydrogen-bond acceptors (Lipinski definition) is 5. The van der Waals surface area contributed by atoms with Gasteiger partial charge in [-0.1, -0.05) is 37.6 Å². The number of benzene rings is 1. The Hall–Kier alpha value is -2.49. The molecule has 8 nitrogen and oxygen atoms in total. The van der Waals surface area contributed by atoms with Crippen molar-refractivity contribution in [1.29, 1.82) is 0 Å². The molecule has 0 saturated carbocycles. The zero-order valence-electron chi connectivity index (χ0n) is 14.6. The summed E-state index contributed by atoms with van der Waals surface area (Å²) in [5.74, 6) is -1.71. The summed E-state index contributed by atoms with van der Waals surface area (Å²) in [5.41, 5.74) is 4.54. The lowest BCUT2D eigenvalue weighted by Gasteiger charge is -2.21. The number of nitrogens with zero attached hydrogens (tertiary/aromatic N) is 1. The molecule has 0 spiro atoms. The maximum atomic E-state index is 12.5. The number of carbonyl (C=O) groups is 2. The predicted octanol–water partition coefficient (Wildman–Crippen LogP) is 1.50. The van der Waals surface area contributed by atoms with Crippen molar-refractivity contribution in [2.24, 2.45) is 5.92 Å². The molecule has 0 aliphatic carbocycles. The minimum absolute atomic E-state index is 0.0639. The summed E-state index contributed by atoms with van der Waals surface area (Å²) < 4.78 is 27.4. The monoisotopic (exact) mass is 410 g/mol. The van der Waals surface area contributed by atoms with Gasteiger partial charge in [0.2, 0.25) is 10.0 Å². The second-order valence-electron chi connectivity index (χ2n) is 5.96. The summed E-state index contributed by atoms with van der Waals surface area (Å²) in [4.78, 5) is 28.1. The van der Waals surface area contributed by atoms with E-state index >= 15 is 0 Å². The molecular formula is C17H19ClN4O4S. The van der Waals surface area contributed by atoms with Gasteiger partial charge in [-0.15, -0.1) is 0 Å². The van der Waals surface area contributed by atoms with E-state index in [0.29, 0.717) is 0 Å². The normalized spacial score (nSPS) is 12.4. The lowest BCUT2D eigenvalue weighted by atomic mass is 10.1. The SMILES string of the molecule is CC(C)[C@H](NS(=O)(=O)c1cccc(Cl)c1)C(=O)NNC(=O)c1ccccn1. The van der Waals surface area contributed by atoms with Crippen LogP contribution < -0.4 is 15.6 Å². The quantitative estimate of drug-likeness (QED) is 0.624. The van der Waals surface area contributed by atoms with Gasteiger partial charge in [0.15, 0.2) is 0 Å². The Morgan fingerprint density at radius 3 is 2.41 bits per heavy atom. The zero-order chi connectivity index (χ0) is 20.0. The van der Waals surface area contributed by atoms with Crippen LogP contribution in [0.5, 0.6) is 0 Å². The third kappa shape index (κ3) is 5.75. The number of carbonyl (C=O) groups excluding carboxylic acids is 2. The van der Waals surface area contributed by atoms with Crippen LogP contribution in [0.15, 0.2) is 53.6 Å². The van der Waals surface area contributed by atoms with Crippen molar-refractivity contribution in [3.05, 3.63) is 59.4 Å². The first-order valence-electron chi connectivity index (χ1n) is 8.00. The zero-order valence-corrected chi connectivity index (χ0v) is 16.2. The lowest BCUT2D eigenvalue weighted by Crippen LogP contribution is -2.54. The smallest absolute Gasteiger partial charge is 0.271 e. The third-order valence-corrected chi connectivity index (χ3v) is 5.21. The van der Waals surface area contributed by atoms with Gasteiger partial charge in [-0.3, -0.25) is 25.4 Å². The number of nitrogens with one attached hydrogen (secondary N) is 3. The fourth-order valence-corrected chi connectivity index (χ4v) is 3.76. The minimum Gasteiger partial charge on any atom is -0.271 e. The van der Waals surface area contributed by atoms with E-state index in [1.54, 1.807) is 32.0 Å². The van der Waals surface area contributed by atoms with Crippen LogP contribution >= 0.6 is 11.6 Å². The van der Waals surface area contributed by atoms with Crippen LogP contribution in [-0.2, 0) is 14.8 Å². The van der Waals surface area contributed by atoms with Gasteiger partial charge in [0.1, 0.15) is 11.7 Å². The summed E-state index contributed by atoms with van der Waals surface area (Å²) in [6, 6.07) is 9.32. The van der Waals surface area contributed by atoms with Crippen molar-refractivity contribution < 1.29 is 18.0 Å². The van der Waals surface area contributed by atoms with Crippen molar-refractivity contribution in [1.82, 2.24) is 20.6 Å². The topological polar surface area (TPSA) is 117 Å². The largest absolute Gasteiger partial charge is 0.288 e. The van der Waals surface area contributed by atoms with Gasteiger partial charge >= 0.3 is 0 Å². The minimum atomic E-state index is -3.98. The molecular weight excluding hydrogens is 392 g/mol. The van der Waals surface area contributed by atoms with Crippen LogP contribution in [0.2, 0.25) is 5.02 Å². The van der Waals surface area contributed by atoms with Gasteiger partial charge in [-0.25, -0.2) is 8.42 Å². The second-order valence-corrected chi connectivity index (χ2v) is 8.11. The van der Waals surface area contributed by atoms with Gasteiger partial charge in [0.05, 0.1) is 4.90 Å². The molecule has 27 heavy (non-hydrogen) atoms. The number of pyridine rings is 1. The Bertz CT molecular complexity index is 920. The van der Waals surface area contributed by atoms with E-state index in [1.165, 1.54) is 30.5 Å². The average Bonchev–Trinajstić information content (AvgIpc) is 2.64. The van der Waals surface area contributed by atoms with E-state index in [4.69, 9.17) is 11.6 Å². The van der Waals surface area contributed by atoms with E-state index in [9.17, 15) is 18.0 Å². The molecule has 1 atom stereocenters. The Morgan fingerprint density at radius 2 is 1.81 bits per heavy atom. The fourth-order valence-electron chi connectivity index (χ4n) is 2.12. The molecule has 2 aromatic rings. The third-order valence-electron chi connectivity index (χ3n) is 3.53. The molecule has 1 aromatic heterocycles. The molecule has 0 aliphatic heterocycles. The summed E-state index contributed by atoms with van der Waals surface area (Å²) in [6.45, 7) is 3.34. The van der Waals surface area contributed by atoms with Gasteiger partial charge in [-0.2, -0.15) is 4.72 Å². The Balaban J connectivity index is 2.08. The Kier molecular flexibility index (Phi) is 6.89. The molecule has 0 aliphatic rings. The summed E-state index contributed by atoms with van der Waals surface area (Å²) in [7, 11) is -3.98. The maximum absolute atomic E-state index is 12.5. The number of sulfonamides is 1. The van der Waals surface area contributed by atoms with E-state index in [-0.39, 0.29) is 21.5 Å². The number of aromatic nitrogens is 1. The standard InChI is InChI=1S/C17H19ClN4O4S/c1-11(2)15(22-27(25,26)13-7-5-6-12(18)10-13)17(24)21-20-16(23)14-8-3-4-9-19-14/h3-11,15,22H,1-2H3,(H,20,23)(H,21,24)/t15-/m0/s1. The average molecular weight is 411 g/mol. The van der Waals surface area contributed by atoms with E-state index in [2.05, 4.69) is 20.6 Å². The van der Waals surface area contributed by atoms with Crippen molar-refractivity contribution in [2.45, 2.75) is 24.8 Å². The summed E-state index contributed by atoms with van der Waals surface area (Å²) in [6.07, 6.45) is 1.44. The van der Waals surface area contributed by atoms with Crippen LogP contribution in [0.1, 0.15) is 24.3 Å². The van der Waals surface area contributed by atoms with Crippen molar-refractivity contribution in [3.63, 3.8) is 0 Å². The Labute approximate surface area is 162 Å². The van der Waals surface area contributed by atoms with E-state index in [1.807, 2.05) is 0 Å². The molecule has 3 N–H and O–H groups in total. The van der Waals surface area contributed by atoms with Gasteiger partial charge in [0.25, 0.3) is 11.8 Å². The van der Waals surface area contributed by atoms with Gasteiger partial charge < -0.3 is 0 Å². The molecule has 2 amide bonds. The van der Waals surface area contributed by atoms with E-state index in [0.717, 1.165) is 0 Å². The maximum Gasteiger partial charge on any atom is 0.288 e. The summed E-state index contributed by atoms with van der Waals surface area (Å²) >= 11 is 5.83. The second kappa shape index (κ2) is 8.94. The molecule has 0 saturated heterocycles. The fraction of sp³-hybridized carbons (Fsp3) is 0.235. The van der Waals surface area contributed by atoms with Crippen LogP contribution in [0.25, 0.3) is 0 Å². The highest BCUT2D eigenvalue weighted by Gasteiger charge is 2.29. The molecule has 2 rings (SSSR count). The Morgan fingerprint density at radius 1 is 1.07 bits per heavy atom. The number of hydrogen-bond donors (Lipinski definition) is 3. The highest BCUT2D eigenvalue weighted by Crippen LogP contribution is 2.16. The molecule has 1 heterocycles. The van der Waals surface area contributed by atoms with Gasteiger partial charge in [0, 0.05) is 11.2 Å². The summed E-state index contributed by atoms with van der Waals surface area (Å²) in [5, 5.41) is 0.256. The molecule has 0 radical (unpaired) electrons. The van der Waals surface area contributed by atoms with Crippen LogP contribution in [0.3, 0.4) is 0 Å². The molecule has 0 fully saturated rings. The number of rotatable bonds is 6. The first-order chi connectivity index (χ1) is 12.7. The number of halogens is 1. The van der Waals surface area contributed by atoms with Crippen LogP contribution in [-0.4, -0.2) is 31.3 Å². The molecule has 0 bridgehead atoms. The lowest BCUT2D eigenvalue weighted by molar-refractivity contribution is -0.124. The van der Waals surface area contributed by atoms with Crippen molar-refractivity contribution >= 4 is 33.4 Å². The molecule has 1 aromatic carbocycles.